The number of hydrogen-bond acceptors (Lipinski definition) is 4. The van der Waals surface area contributed by atoms with Gasteiger partial charge in [-0.1, -0.05) is 0 Å². The molecule has 0 N–H and O–H groups in total. The van der Waals surface area contributed by atoms with E-state index in [1.807, 2.05) is 18.7 Å². The minimum absolute atomic E-state index is 0.0497. The molecule has 110 valence electrons. The number of hydrogen-bond donors (Lipinski definition) is 0. The molecule has 0 radical (unpaired) electrons. The number of likely N-dealkylation sites (N-methyl/N-ethyl adjacent to an activating group) is 1. The summed E-state index contributed by atoms with van der Waals surface area (Å²) in [6.45, 7) is 9.52. The number of nitrogens with zero attached hydrogens (tertiary/aromatic N) is 2. The molecule has 0 aromatic carbocycles. The van der Waals surface area contributed by atoms with Gasteiger partial charge in [-0.3, -0.25) is 9.69 Å². The molecule has 0 bridgehead atoms. The molecule has 2 aliphatic rings. The van der Waals surface area contributed by atoms with E-state index in [0.717, 1.165) is 39.0 Å². The Balaban J connectivity index is 1.81. The van der Waals surface area contributed by atoms with Gasteiger partial charge < -0.3 is 14.4 Å². The number of carbonyl (C=O) groups excluding carboxylic acids is 1. The molecule has 2 saturated heterocycles. The average molecular weight is 270 g/mol. The highest BCUT2D eigenvalue weighted by molar-refractivity contribution is 5.78. The van der Waals surface area contributed by atoms with Gasteiger partial charge in [0.2, 0.25) is 5.91 Å². The van der Waals surface area contributed by atoms with Crippen molar-refractivity contribution < 1.29 is 14.3 Å². The molecule has 2 aliphatic heterocycles. The minimum Gasteiger partial charge on any atom is -0.350 e. The van der Waals surface area contributed by atoms with Crippen LogP contribution in [0, 0.1) is 5.92 Å². The second kappa shape index (κ2) is 7.22. The lowest BCUT2D eigenvalue weighted by Crippen LogP contribution is -2.46. The second-order valence-electron chi connectivity index (χ2n) is 5.31. The van der Waals surface area contributed by atoms with Crippen molar-refractivity contribution in [2.45, 2.75) is 33.0 Å². The van der Waals surface area contributed by atoms with Crippen LogP contribution in [0.25, 0.3) is 0 Å². The molecule has 0 aromatic heterocycles. The first-order chi connectivity index (χ1) is 9.24. The van der Waals surface area contributed by atoms with Crippen molar-refractivity contribution >= 4 is 5.91 Å². The SMILES string of the molecule is CCN(CC)C(=O)CN1CCCC(C2OCCO2)C1. The molecule has 2 rings (SSSR count). The van der Waals surface area contributed by atoms with E-state index >= 15 is 0 Å². The smallest absolute Gasteiger partial charge is 0.236 e. The van der Waals surface area contributed by atoms with Crippen molar-refractivity contribution in [1.29, 1.82) is 0 Å². The van der Waals surface area contributed by atoms with Gasteiger partial charge in [0.1, 0.15) is 0 Å². The maximum atomic E-state index is 12.1. The van der Waals surface area contributed by atoms with Gasteiger partial charge in [0.05, 0.1) is 19.8 Å². The fraction of sp³-hybridized carbons (Fsp3) is 0.929. The number of piperidine rings is 1. The van der Waals surface area contributed by atoms with E-state index < -0.39 is 0 Å². The summed E-state index contributed by atoms with van der Waals surface area (Å²) in [6, 6.07) is 0. The summed E-state index contributed by atoms with van der Waals surface area (Å²) in [7, 11) is 0. The molecule has 1 unspecified atom stereocenters. The molecule has 1 atom stereocenters. The van der Waals surface area contributed by atoms with Gasteiger partial charge >= 0.3 is 0 Å². The molecule has 0 aromatic rings. The van der Waals surface area contributed by atoms with E-state index in [1.54, 1.807) is 0 Å². The first kappa shape index (κ1) is 14.8. The lowest BCUT2D eigenvalue weighted by molar-refractivity contribution is -0.134. The van der Waals surface area contributed by atoms with E-state index in [-0.39, 0.29) is 12.2 Å². The predicted molar refractivity (Wildman–Crippen MR) is 72.8 cm³/mol. The Kier molecular flexibility index (Phi) is 5.60. The van der Waals surface area contributed by atoms with Gasteiger partial charge in [-0.15, -0.1) is 0 Å². The van der Waals surface area contributed by atoms with Crippen LogP contribution in [0.1, 0.15) is 26.7 Å². The molecule has 2 heterocycles. The molecule has 0 saturated carbocycles. The van der Waals surface area contributed by atoms with Gasteiger partial charge in [-0.2, -0.15) is 0 Å². The third kappa shape index (κ3) is 3.91. The highest BCUT2D eigenvalue weighted by Crippen LogP contribution is 2.24. The monoisotopic (exact) mass is 270 g/mol. The Bertz CT molecular complexity index is 288. The maximum absolute atomic E-state index is 12.1. The molecule has 2 fully saturated rings. The first-order valence-corrected chi connectivity index (χ1v) is 7.48. The normalized spacial score (nSPS) is 25.7. The zero-order chi connectivity index (χ0) is 13.7. The van der Waals surface area contributed by atoms with Gasteiger partial charge in [0.15, 0.2) is 6.29 Å². The number of carbonyl (C=O) groups is 1. The number of amides is 1. The van der Waals surface area contributed by atoms with Crippen molar-refractivity contribution in [2.24, 2.45) is 5.92 Å². The standard InChI is InChI=1S/C14H26N2O3/c1-3-16(4-2)13(17)11-15-7-5-6-12(10-15)14-18-8-9-19-14/h12,14H,3-11H2,1-2H3. The fourth-order valence-electron chi connectivity index (χ4n) is 2.97. The lowest BCUT2D eigenvalue weighted by atomic mass is 9.97. The summed E-state index contributed by atoms with van der Waals surface area (Å²) < 4.78 is 11.2. The third-order valence-corrected chi connectivity index (χ3v) is 4.05. The number of rotatable bonds is 5. The third-order valence-electron chi connectivity index (χ3n) is 4.05. The van der Waals surface area contributed by atoms with Crippen LogP contribution >= 0.6 is 0 Å². The zero-order valence-electron chi connectivity index (χ0n) is 12.1. The average Bonchev–Trinajstić information content (AvgIpc) is 2.94. The molecular formula is C14H26N2O3. The Labute approximate surface area is 115 Å². The summed E-state index contributed by atoms with van der Waals surface area (Å²) >= 11 is 0. The van der Waals surface area contributed by atoms with Gasteiger partial charge in [0.25, 0.3) is 0 Å². The van der Waals surface area contributed by atoms with Crippen LogP contribution in [-0.4, -0.2) is 67.9 Å². The van der Waals surface area contributed by atoms with E-state index in [1.165, 1.54) is 0 Å². The van der Waals surface area contributed by atoms with E-state index in [2.05, 4.69) is 4.90 Å². The Morgan fingerprint density at radius 2 is 1.95 bits per heavy atom. The van der Waals surface area contributed by atoms with Gasteiger partial charge in [-0.05, 0) is 33.2 Å². The summed E-state index contributed by atoms with van der Waals surface area (Å²) in [4.78, 5) is 16.3. The summed E-state index contributed by atoms with van der Waals surface area (Å²) in [5.74, 6) is 0.652. The largest absolute Gasteiger partial charge is 0.350 e. The number of ether oxygens (including phenoxy) is 2. The van der Waals surface area contributed by atoms with Crippen LogP contribution in [0.3, 0.4) is 0 Å². The molecule has 5 nitrogen and oxygen atoms in total. The highest BCUT2D eigenvalue weighted by atomic mass is 16.7. The van der Waals surface area contributed by atoms with Crippen LogP contribution in [-0.2, 0) is 14.3 Å². The zero-order valence-corrected chi connectivity index (χ0v) is 12.1. The second-order valence-corrected chi connectivity index (χ2v) is 5.31. The van der Waals surface area contributed by atoms with Crippen molar-refractivity contribution in [3.8, 4) is 0 Å². The molecule has 5 heteroatoms. The van der Waals surface area contributed by atoms with E-state index in [4.69, 9.17) is 9.47 Å². The van der Waals surface area contributed by atoms with E-state index in [0.29, 0.717) is 25.7 Å². The first-order valence-electron chi connectivity index (χ1n) is 7.48. The van der Waals surface area contributed by atoms with E-state index in [9.17, 15) is 4.79 Å². The summed E-state index contributed by atoms with van der Waals surface area (Å²) in [6.07, 6.45) is 2.21. The van der Waals surface area contributed by atoms with Gasteiger partial charge in [0, 0.05) is 25.6 Å². The van der Waals surface area contributed by atoms with Gasteiger partial charge in [-0.25, -0.2) is 0 Å². The molecule has 0 aliphatic carbocycles. The fourth-order valence-corrected chi connectivity index (χ4v) is 2.97. The van der Waals surface area contributed by atoms with Crippen molar-refractivity contribution in [3.05, 3.63) is 0 Å². The van der Waals surface area contributed by atoms with Crippen molar-refractivity contribution in [1.82, 2.24) is 9.80 Å². The summed E-state index contributed by atoms with van der Waals surface area (Å²) in [5, 5.41) is 0. The lowest BCUT2D eigenvalue weighted by Gasteiger charge is -2.35. The Morgan fingerprint density at radius 3 is 2.58 bits per heavy atom. The predicted octanol–water partition coefficient (Wildman–Crippen LogP) is 0.940. The molecule has 0 spiro atoms. The minimum atomic E-state index is -0.0497. The molecule has 19 heavy (non-hydrogen) atoms. The quantitative estimate of drug-likeness (QED) is 0.745. The maximum Gasteiger partial charge on any atom is 0.236 e. The van der Waals surface area contributed by atoms with Crippen molar-refractivity contribution in [2.75, 3.05) is 45.9 Å². The van der Waals surface area contributed by atoms with Crippen LogP contribution in [0.15, 0.2) is 0 Å². The summed E-state index contributed by atoms with van der Waals surface area (Å²) in [5.41, 5.74) is 0. The molecular weight excluding hydrogens is 244 g/mol. The van der Waals surface area contributed by atoms with Crippen LogP contribution in [0.4, 0.5) is 0 Å². The van der Waals surface area contributed by atoms with Crippen LogP contribution in [0.2, 0.25) is 0 Å². The Hall–Kier alpha value is -0.650. The van der Waals surface area contributed by atoms with Crippen LogP contribution in [0.5, 0.6) is 0 Å². The van der Waals surface area contributed by atoms with Crippen LogP contribution < -0.4 is 0 Å². The highest BCUT2D eigenvalue weighted by Gasteiger charge is 2.31. The topological polar surface area (TPSA) is 42.0 Å². The Morgan fingerprint density at radius 1 is 1.26 bits per heavy atom. The van der Waals surface area contributed by atoms with Crippen molar-refractivity contribution in [3.63, 3.8) is 0 Å². The molecule has 1 amide bonds. The number of likely N-dealkylation sites (tertiary alicyclic amines) is 1.